The van der Waals surface area contributed by atoms with E-state index in [2.05, 4.69) is 0 Å². The van der Waals surface area contributed by atoms with E-state index in [0.29, 0.717) is 5.56 Å². The highest BCUT2D eigenvalue weighted by Crippen LogP contribution is 2.15. The van der Waals surface area contributed by atoms with Crippen LogP contribution in [0, 0.1) is 0 Å². The van der Waals surface area contributed by atoms with Gasteiger partial charge in [-0.3, -0.25) is 0 Å². The van der Waals surface area contributed by atoms with Gasteiger partial charge < -0.3 is 20.4 Å². The van der Waals surface area contributed by atoms with E-state index < -0.39 is 11.9 Å². The van der Waals surface area contributed by atoms with Crippen molar-refractivity contribution in [2.75, 3.05) is 7.11 Å². The average Bonchev–Trinajstić information content (AvgIpc) is 2.78. The highest BCUT2D eigenvalue weighted by Gasteiger charge is 2.05. The lowest BCUT2D eigenvalue weighted by atomic mass is 10.1. The zero-order valence-electron chi connectivity index (χ0n) is 17.5. The summed E-state index contributed by atoms with van der Waals surface area (Å²) in [6, 6.07) is 18.6. The van der Waals surface area contributed by atoms with Crippen LogP contribution in [-0.4, -0.2) is 39.5 Å². The number of hydrogen-bond acceptors (Lipinski definition) is 4. The second kappa shape index (κ2) is 16.8. The van der Waals surface area contributed by atoms with Gasteiger partial charge >= 0.3 is 11.9 Å². The lowest BCUT2D eigenvalue weighted by Crippen LogP contribution is -1.95. The van der Waals surface area contributed by atoms with Crippen molar-refractivity contribution in [1.82, 2.24) is 0 Å². The molecule has 0 aliphatic carbocycles. The molecule has 0 amide bonds. The second-order valence-corrected chi connectivity index (χ2v) is 4.69. The number of carboxylic acids is 2. The first-order valence-electron chi connectivity index (χ1n) is 9.17. The summed E-state index contributed by atoms with van der Waals surface area (Å²) in [5.74, 6) is -2.20. The Balaban J connectivity index is 0. The van der Waals surface area contributed by atoms with Gasteiger partial charge in [0, 0.05) is 7.11 Å². The Bertz CT molecular complexity index is 859. The molecule has 3 aromatic carbocycles. The van der Waals surface area contributed by atoms with Crippen molar-refractivity contribution >= 4 is 22.7 Å². The highest BCUT2D eigenvalue weighted by molar-refractivity contribution is 5.94. The fraction of sp³-hybridized carbons (Fsp3) is 0.217. The number of hydrogen-bond donors (Lipinski definition) is 4. The van der Waals surface area contributed by atoms with Crippen LogP contribution in [0.3, 0.4) is 0 Å². The lowest BCUT2D eigenvalue weighted by Gasteiger charge is -1.98. The molecule has 0 aliphatic rings. The Hall–Kier alpha value is -3.38. The van der Waals surface area contributed by atoms with E-state index in [9.17, 15) is 9.59 Å². The molecule has 0 bridgehead atoms. The molecule has 0 saturated carbocycles. The summed E-state index contributed by atoms with van der Waals surface area (Å²) >= 11 is 0. The number of benzene rings is 3. The summed E-state index contributed by atoms with van der Waals surface area (Å²) in [5.41, 5.74) is 0.265. The number of aromatic hydroxyl groups is 1. The van der Waals surface area contributed by atoms with Crippen molar-refractivity contribution in [2.45, 2.75) is 27.7 Å². The SMILES string of the molecule is CC.CC.CO.O=C(O)c1ccc2ccccc2c1.O=C(O)c1ccccc1O. The van der Waals surface area contributed by atoms with Gasteiger partial charge in [-0.1, -0.05) is 70.2 Å². The first kappa shape index (κ1) is 27.8. The topological polar surface area (TPSA) is 115 Å². The maximum Gasteiger partial charge on any atom is 0.339 e. The number of carbonyl (C=O) groups is 2. The maximum absolute atomic E-state index is 10.6. The van der Waals surface area contributed by atoms with Gasteiger partial charge in [0.05, 0.1) is 5.56 Å². The molecule has 29 heavy (non-hydrogen) atoms. The highest BCUT2D eigenvalue weighted by atomic mass is 16.4. The fourth-order valence-corrected chi connectivity index (χ4v) is 1.98. The Labute approximate surface area is 171 Å². The molecule has 4 N–H and O–H groups in total. The molecule has 158 valence electrons. The summed E-state index contributed by atoms with van der Waals surface area (Å²) < 4.78 is 0. The molecular formula is C23H30O6. The number of phenols is 1. The van der Waals surface area contributed by atoms with E-state index in [4.69, 9.17) is 20.4 Å². The van der Waals surface area contributed by atoms with Crippen molar-refractivity contribution in [3.8, 4) is 5.75 Å². The first-order chi connectivity index (χ1) is 14.0. The van der Waals surface area contributed by atoms with Crippen LogP contribution in [-0.2, 0) is 0 Å². The molecule has 0 spiro atoms. The number of aromatic carboxylic acids is 2. The van der Waals surface area contributed by atoms with E-state index in [-0.39, 0.29) is 11.3 Å². The van der Waals surface area contributed by atoms with Gasteiger partial charge in [0.2, 0.25) is 0 Å². The van der Waals surface area contributed by atoms with Crippen molar-refractivity contribution < 1.29 is 30.0 Å². The second-order valence-electron chi connectivity index (χ2n) is 4.69. The van der Waals surface area contributed by atoms with Crippen LogP contribution in [0.15, 0.2) is 66.7 Å². The standard InChI is InChI=1S/C11H8O2.C7H6O3.2C2H6.CH4O/c12-11(13)10-6-5-8-3-1-2-4-9(8)7-10;8-6-4-2-1-3-5(6)7(9)10;3*1-2/h1-7H,(H,12,13);1-4,8H,(H,9,10);2*1-2H3;2H,1H3. The first-order valence-corrected chi connectivity index (χ1v) is 9.17. The van der Waals surface area contributed by atoms with Crippen LogP contribution in [0.5, 0.6) is 5.75 Å². The van der Waals surface area contributed by atoms with Crippen molar-refractivity contribution in [2.24, 2.45) is 0 Å². The molecule has 0 aliphatic heterocycles. The van der Waals surface area contributed by atoms with Gasteiger partial charge in [-0.05, 0) is 35.0 Å². The van der Waals surface area contributed by atoms with Gasteiger partial charge in [-0.2, -0.15) is 0 Å². The molecule has 0 atom stereocenters. The normalized spacial score (nSPS) is 8.34. The molecule has 0 saturated heterocycles. The molecule has 0 fully saturated rings. The van der Waals surface area contributed by atoms with E-state index in [1.807, 2.05) is 58.0 Å². The van der Waals surface area contributed by atoms with Crippen LogP contribution in [0.4, 0.5) is 0 Å². The number of carboxylic acid groups (broad SMARTS) is 2. The monoisotopic (exact) mass is 402 g/mol. The number of rotatable bonds is 2. The predicted molar refractivity (Wildman–Crippen MR) is 117 cm³/mol. The molecule has 3 rings (SSSR count). The molecule has 3 aromatic rings. The lowest BCUT2D eigenvalue weighted by molar-refractivity contribution is 0.0684. The molecule has 0 heterocycles. The van der Waals surface area contributed by atoms with Crippen LogP contribution in [0.25, 0.3) is 10.8 Å². The predicted octanol–water partition coefficient (Wildman–Crippen LogP) is 5.29. The molecule has 6 nitrogen and oxygen atoms in total. The van der Waals surface area contributed by atoms with Crippen LogP contribution in [0.2, 0.25) is 0 Å². The maximum atomic E-state index is 10.6. The van der Waals surface area contributed by atoms with Crippen molar-refractivity contribution in [3.05, 3.63) is 77.9 Å². The summed E-state index contributed by atoms with van der Waals surface area (Å²) in [5, 5.41) is 35.1. The van der Waals surface area contributed by atoms with Crippen LogP contribution in [0.1, 0.15) is 48.4 Å². The Morgan fingerprint density at radius 3 is 1.59 bits per heavy atom. The van der Waals surface area contributed by atoms with E-state index >= 15 is 0 Å². The van der Waals surface area contributed by atoms with Gasteiger partial charge in [0.25, 0.3) is 0 Å². The fourth-order valence-electron chi connectivity index (χ4n) is 1.98. The minimum absolute atomic E-state index is 0.0671. The summed E-state index contributed by atoms with van der Waals surface area (Å²) in [7, 11) is 1.00. The third kappa shape index (κ3) is 9.93. The zero-order valence-corrected chi connectivity index (χ0v) is 17.5. The molecule has 6 heteroatoms. The van der Waals surface area contributed by atoms with E-state index in [0.717, 1.165) is 17.9 Å². The number of aliphatic hydroxyl groups is 1. The van der Waals surface area contributed by atoms with Gasteiger partial charge in [0.1, 0.15) is 11.3 Å². The van der Waals surface area contributed by atoms with E-state index in [1.54, 1.807) is 24.3 Å². The van der Waals surface area contributed by atoms with Crippen LogP contribution < -0.4 is 0 Å². The number of para-hydroxylation sites is 1. The van der Waals surface area contributed by atoms with Gasteiger partial charge in [-0.25, -0.2) is 9.59 Å². The molecule has 0 radical (unpaired) electrons. The number of aliphatic hydroxyl groups excluding tert-OH is 1. The largest absolute Gasteiger partial charge is 0.507 e. The molecular weight excluding hydrogens is 372 g/mol. The Morgan fingerprint density at radius 1 is 0.655 bits per heavy atom. The zero-order chi connectivity index (χ0) is 22.8. The van der Waals surface area contributed by atoms with Crippen molar-refractivity contribution in [1.29, 1.82) is 0 Å². The summed E-state index contributed by atoms with van der Waals surface area (Å²) in [6.07, 6.45) is 0. The minimum Gasteiger partial charge on any atom is -0.507 e. The minimum atomic E-state index is -1.11. The number of fused-ring (bicyclic) bond motifs is 1. The Morgan fingerprint density at radius 2 is 1.14 bits per heavy atom. The molecule has 0 aromatic heterocycles. The smallest absolute Gasteiger partial charge is 0.339 e. The summed E-state index contributed by atoms with van der Waals surface area (Å²) in [4.78, 5) is 20.9. The Kier molecular flexibility index (Phi) is 16.1. The quantitative estimate of drug-likeness (QED) is 0.463. The third-order valence-electron chi connectivity index (χ3n) is 3.13. The third-order valence-corrected chi connectivity index (χ3v) is 3.13. The van der Waals surface area contributed by atoms with Gasteiger partial charge in [-0.15, -0.1) is 0 Å². The molecule has 0 unspecified atom stereocenters. The average molecular weight is 402 g/mol. The van der Waals surface area contributed by atoms with E-state index in [1.165, 1.54) is 12.1 Å². The summed E-state index contributed by atoms with van der Waals surface area (Å²) in [6.45, 7) is 8.00. The van der Waals surface area contributed by atoms with Crippen molar-refractivity contribution in [3.63, 3.8) is 0 Å². The van der Waals surface area contributed by atoms with Crippen LogP contribution >= 0.6 is 0 Å². The van der Waals surface area contributed by atoms with Gasteiger partial charge in [0.15, 0.2) is 0 Å².